The fourth-order valence-electron chi connectivity index (χ4n) is 7.13. The lowest BCUT2D eigenvalue weighted by Gasteiger charge is -2.26. The predicted molar refractivity (Wildman–Crippen MR) is 202 cm³/mol. The van der Waals surface area contributed by atoms with Crippen LogP contribution in [-0.4, -0.2) is 4.98 Å². The fraction of sp³-hybridized carbons (Fsp3) is 0. The van der Waals surface area contributed by atoms with E-state index in [2.05, 4.69) is 144 Å². The molecule has 0 spiro atoms. The Morgan fingerprint density at radius 3 is 2.04 bits per heavy atom. The van der Waals surface area contributed by atoms with E-state index in [4.69, 9.17) is 13.8 Å². The van der Waals surface area contributed by atoms with E-state index in [1.54, 1.807) is 0 Å². The van der Waals surface area contributed by atoms with Gasteiger partial charge in [-0.3, -0.25) is 0 Å². The van der Waals surface area contributed by atoms with Crippen LogP contribution in [0.3, 0.4) is 0 Å². The highest BCUT2D eigenvalue weighted by atomic mass is 16.3. The Labute approximate surface area is 282 Å². The number of furan rings is 1. The molecule has 8 aromatic carbocycles. The van der Waals surface area contributed by atoms with Crippen LogP contribution in [0.2, 0.25) is 0 Å². The van der Waals surface area contributed by atoms with Crippen LogP contribution in [-0.2, 0) is 0 Å². The first kappa shape index (κ1) is 27.5. The normalized spacial score (nSPS) is 11.7. The number of hydrogen-bond donors (Lipinski definition) is 0. The molecule has 0 bridgehead atoms. The average Bonchev–Trinajstić information content (AvgIpc) is 3.77. The summed E-state index contributed by atoms with van der Waals surface area (Å²) in [6, 6.07) is 59.3. The summed E-state index contributed by atoms with van der Waals surface area (Å²) >= 11 is 0. The van der Waals surface area contributed by atoms with Gasteiger partial charge in [-0.1, -0.05) is 109 Å². The molecule has 0 saturated heterocycles. The van der Waals surface area contributed by atoms with Crippen molar-refractivity contribution in [3.8, 4) is 22.6 Å². The first-order valence-electron chi connectivity index (χ1n) is 16.5. The standard InChI is InChI=1S/C45H28N2O2/c1-2-10-29(11-3-1)33-15-8-16-34(26-33)47(35-22-20-30-12-4-5-14-32(30)27-35)36-23-24-38-42(28-36)48-40-19-9-18-39(43(38)40)45-46-44-37-17-7-6-13-31(37)21-25-41(44)49-45/h1-28H. The second-order valence-corrected chi connectivity index (χ2v) is 12.4. The van der Waals surface area contributed by atoms with E-state index >= 15 is 0 Å². The molecule has 0 fully saturated rings. The van der Waals surface area contributed by atoms with E-state index in [9.17, 15) is 0 Å². The molecule has 0 amide bonds. The molecule has 0 radical (unpaired) electrons. The summed E-state index contributed by atoms with van der Waals surface area (Å²) in [5.74, 6) is 0.583. The predicted octanol–water partition coefficient (Wildman–Crippen LogP) is 12.8. The topological polar surface area (TPSA) is 42.4 Å². The van der Waals surface area contributed by atoms with Gasteiger partial charge in [0.25, 0.3) is 0 Å². The summed E-state index contributed by atoms with van der Waals surface area (Å²) in [6.45, 7) is 0. The van der Waals surface area contributed by atoms with Crippen LogP contribution in [0.15, 0.2) is 179 Å². The molecule has 4 nitrogen and oxygen atoms in total. The summed E-state index contributed by atoms with van der Waals surface area (Å²) in [7, 11) is 0. The highest BCUT2D eigenvalue weighted by molar-refractivity contribution is 6.13. The van der Waals surface area contributed by atoms with Gasteiger partial charge in [0, 0.05) is 44.9 Å². The molecule has 49 heavy (non-hydrogen) atoms. The third-order valence-electron chi connectivity index (χ3n) is 9.46. The number of rotatable bonds is 5. The molecule has 0 aliphatic rings. The van der Waals surface area contributed by atoms with Crippen LogP contribution < -0.4 is 4.90 Å². The van der Waals surface area contributed by atoms with Crippen molar-refractivity contribution in [3.63, 3.8) is 0 Å². The zero-order valence-electron chi connectivity index (χ0n) is 26.4. The van der Waals surface area contributed by atoms with E-state index in [0.717, 1.165) is 72.0 Å². The van der Waals surface area contributed by atoms with Gasteiger partial charge in [0.15, 0.2) is 5.58 Å². The first-order chi connectivity index (χ1) is 24.3. The highest BCUT2D eigenvalue weighted by Gasteiger charge is 2.20. The molecule has 0 N–H and O–H groups in total. The maximum Gasteiger partial charge on any atom is 0.228 e. The van der Waals surface area contributed by atoms with Gasteiger partial charge in [-0.15, -0.1) is 0 Å². The molecule has 4 heteroatoms. The Morgan fingerprint density at radius 2 is 1.12 bits per heavy atom. The smallest absolute Gasteiger partial charge is 0.228 e. The number of nitrogens with zero attached hydrogens (tertiary/aromatic N) is 2. The third-order valence-corrected chi connectivity index (χ3v) is 9.46. The van der Waals surface area contributed by atoms with Gasteiger partial charge in [-0.25, -0.2) is 4.98 Å². The number of anilines is 3. The number of hydrogen-bond acceptors (Lipinski definition) is 4. The summed E-state index contributed by atoms with van der Waals surface area (Å²) in [4.78, 5) is 7.32. The molecule has 0 aliphatic heterocycles. The first-order valence-corrected chi connectivity index (χ1v) is 16.5. The second-order valence-electron chi connectivity index (χ2n) is 12.4. The Kier molecular flexibility index (Phi) is 6.15. The van der Waals surface area contributed by atoms with Crippen molar-refractivity contribution >= 4 is 71.6 Å². The largest absolute Gasteiger partial charge is 0.456 e. The Morgan fingerprint density at radius 1 is 0.408 bits per heavy atom. The third kappa shape index (κ3) is 4.57. The Balaban J connectivity index is 1.15. The summed E-state index contributed by atoms with van der Waals surface area (Å²) < 4.78 is 13.0. The molecule has 10 rings (SSSR count). The quantitative estimate of drug-likeness (QED) is 0.190. The number of oxazole rings is 1. The molecular weight excluding hydrogens is 601 g/mol. The number of fused-ring (bicyclic) bond motifs is 7. The van der Waals surface area contributed by atoms with Crippen molar-refractivity contribution in [2.75, 3.05) is 4.90 Å². The maximum atomic E-state index is 6.59. The minimum atomic E-state index is 0.583. The van der Waals surface area contributed by atoms with E-state index in [0.29, 0.717) is 5.89 Å². The fourth-order valence-corrected chi connectivity index (χ4v) is 7.13. The summed E-state index contributed by atoms with van der Waals surface area (Å²) in [5, 5.41) is 6.61. The van der Waals surface area contributed by atoms with E-state index in [1.807, 2.05) is 30.3 Å². The molecule has 10 aromatic rings. The summed E-state index contributed by atoms with van der Waals surface area (Å²) in [6.07, 6.45) is 0. The van der Waals surface area contributed by atoms with Crippen molar-refractivity contribution in [1.82, 2.24) is 4.98 Å². The van der Waals surface area contributed by atoms with Gasteiger partial charge in [0.1, 0.15) is 16.7 Å². The monoisotopic (exact) mass is 628 g/mol. The van der Waals surface area contributed by atoms with Gasteiger partial charge in [0.2, 0.25) is 5.89 Å². The maximum absolute atomic E-state index is 6.59. The van der Waals surface area contributed by atoms with Crippen LogP contribution in [0.25, 0.3) is 77.2 Å². The highest BCUT2D eigenvalue weighted by Crippen LogP contribution is 2.43. The van der Waals surface area contributed by atoms with Crippen molar-refractivity contribution < 1.29 is 8.83 Å². The van der Waals surface area contributed by atoms with Crippen LogP contribution in [0, 0.1) is 0 Å². The number of aromatic nitrogens is 1. The Hall–Kier alpha value is -6.65. The van der Waals surface area contributed by atoms with Crippen molar-refractivity contribution in [3.05, 3.63) is 170 Å². The summed E-state index contributed by atoms with van der Waals surface area (Å²) in [5.41, 5.74) is 9.60. The Bertz CT molecular complexity index is 2850. The van der Waals surface area contributed by atoms with Crippen molar-refractivity contribution in [2.24, 2.45) is 0 Å². The lowest BCUT2D eigenvalue weighted by molar-refractivity contribution is 0.620. The SMILES string of the molecule is c1ccc(-c2cccc(N(c3ccc4ccccc4c3)c3ccc4c(c3)oc3cccc(-c5nc6c(ccc7ccccc76)o5)c34)c2)cc1. The average molecular weight is 629 g/mol. The van der Waals surface area contributed by atoms with E-state index in [-0.39, 0.29) is 0 Å². The lowest BCUT2D eigenvalue weighted by Crippen LogP contribution is -2.10. The van der Waals surface area contributed by atoms with Crippen LogP contribution in [0.4, 0.5) is 17.1 Å². The molecule has 2 aromatic heterocycles. The molecule has 0 saturated carbocycles. The van der Waals surface area contributed by atoms with Crippen LogP contribution in [0.1, 0.15) is 0 Å². The molecule has 0 aliphatic carbocycles. The van der Waals surface area contributed by atoms with Gasteiger partial charge in [-0.2, -0.15) is 0 Å². The minimum Gasteiger partial charge on any atom is -0.456 e. The van der Waals surface area contributed by atoms with Gasteiger partial charge in [-0.05, 0) is 81.9 Å². The van der Waals surface area contributed by atoms with Crippen LogP contribution >= 0.6 is 0 Å². The van der Waals surface area contributed by atoms with E-state index in [1.165, 1.54) is 16.3 Å². The molecule has 0 atom stereocenters. The lowest BCUT2D eigenvalue weighted by atomic mass is 10.0. The van der Waals surface area contributed by atoms with Crippen LogP contribution in [0.5, 0.6) is 0 Å². The minimum absolute atomic E-state index is 0.583. The molecule has 0 unspecified atom stereocenters. The molecule has 230 valence electrons. The zero-order chi connectivity index (χ0) is 32.3. The van der Waals surface area contributed by atoms with Crippen molar-refractivity contribution in [1.29, 1.82) is 0 Å². The number of benzene rings is 8. The van der Waals surface area contributed by atoms with Gasteiger partial charge < -0.3 is 13.7 Å². The molecular formula is C45H28N2O2. The molecule has 2 heterocycles. The van der Waals surface area contributed by atoms with Crippen molar-refractivity contribution in [2.45, 2.75) is 0 Å². The van der Waals surface area contributed by atoms with Gasteiger partial charge in [0.05, 0.1) is 0 Å². The van der Waals surface area contributed by atoms with Gasteiger partial charge >= 0.3 is 0 Å². The van der Waals surface area contributed by atoms with E-state index < -0.39 is 0 Å². The second kappa shape index (κ2) is 11.0. The zero-order valence-corrected chi connectivity index (χ0v) is 26.4.